The Kier molecular flexibility index (Phi) is 5.86. The van der Waals surface area contributed by atoms with E-state index in [4.69, 9.17) is 0 Å². The number of hydrogen-bond donors (Lipinski definition) is 1. The SMILES string of the molecule is O=C1N(CCn2cc(CO)nn2)CN(c2ccc(F)cc2)C12CCN(C1Cc3cccc4cccc1c34)CC2. The van der Waals surface area contributed by atoms with Gasteiger partial charge in [-0.2, -0.15) is 0 Å². The molecule has 3 aliphatic rings. The predicted octanol–water partition coefficient (Wildman–Crippen LogP) is 3.50. The van der Waals surface area contributed by atoms with Gasteiger partial charge in [-0.25, -0.2) is 4.39 Å². The third kappa shape index (κ3) is 3.99. The minimum atomic E-state index is -0.662. The molecular weight excluding hydrogens is 495 g/mol. The van der Waals surface area contributed by atoms with Gasteiger partial charge >= 0.3 is 0 Å². The van der Waals surface area contributed by atoms with Gasteiger partial charge in [0, 0.05) is 31.4 Å². The molecule has 3 heterocycles. The van der Waals surface area contributed by atoms with Crippen molar-refractivity contribution < 1.29 is 14.3 Å². The van der Waals surface area contributed by atoms with E-state index in [1.165, 1.54) is 34.0 Å². The lowest BCUT2D eigenvalue weighted by atomic mass is 9.84. The van der Waals surface area contributed by atoms with Crippen LogP contribution >= 0.6 is 0 Å². The highest BCUT2D eigenvalue weighted by Crippen LogP contribution is 2.45. The minimum Gasteiger partial charge on any atom is -0.390 e. The highest BCUT2D eigenvalue weighted by atomic mass is 19.1. The molecule has 7 rings (SSSR count). The first kappa shape index (κ1) is 24.2. The molecule has 8 nitrogen and oxygen atoms in total. The second-order valence-corrected chi connectivity index (χ2v) is 10.9. The highest BCUT2D eigenvalue weighted by Gasteiger charge is 2.54. The number of benzene rings is 3. The Hall–Kier alpha value is -3.82. The number of carbonyl (C=O) groups is 1. The van der Waals surface area contributed by atoms with Crippen molar-refractivity contribution in [3.63, 3.8) is 0 Å². The summed E-state index contributed by atoms with van der Waals surface area (Å²) in [6, 6.07) is 20.0. The molecule has 3 aromatic carbocycles. The zero-order chi connectivity index (χ0) is 26.6. The van der Waals surface area contributed by atoms with Crippen molar-refractivity contribution in [2.24, 2.45) is 0 Å². The Labute approximate surface area is 226 Å². The largest absolute Gasteiger partial charge is 0.390 e. The van der Waals surface area contributed by atoms with Crippen LogP contribution in [0.15, 0.2) is 66.9 Å². The first-order valence-electron chi connectivity index (χ1n) is 13.6. The molecule has 0 radical (unpaired) electrons. The number of likely N-dealkylation sites (tertiary alicyclic amines) is 1. The van der Waals surface area contributed by atoms with Gasteiger partial charge < -0.3 is 14.9 Å². The van der Waals surface area contributed by atoms with Crippen LogP contribution in [0.1, 0.15) is 35.7 Å². The molecule has 2 fully saturated rings. The molecule has 2 aliphatic heterocycles. The number of aliphatic hydroxyl groups is 1. The maximum absolute atomic E-state index is 14.1. The predicted molar refractivity (Wildman–Crippen MR) is 145 cm³/mol. The van der Waals surface area contributed by atoms with Crippen LogP contribution in [0.4, 0.5) is 10.1 Å². The number of carbonyl (C=O) groups excluding carboxylic acids is 1. The van der Waals surface area contributed by atoms with Gasteiger partial charge in [0.15, 0.2) is 0 Å². The van der Waals surface area contributed by atoms with Crippen molar-refractivity contribution in [2.45, 2.75) is 44.0 Å². The van der Waals surface area contributed by atoms with Crippen molar-refractivity contribution in [1.82, 2.24) is 24.8 Å². The van der Waals surface area contributed by atoms with E-state index in [1.54, 1.807) is 23.0 Å². The van der Waals surface area contributed by atoms with E-state index < -0.39 is 5.54 Å². The molecule has 39 heavy (non-hydrogen) atoms. The number of piperidine rings is 1. The first-order valence-corrected chi connectivity index (χ1v) is 13.6. The quantitative estimate of drug-likeness (QED) is 0.415. The fraction of sp³-hybridized carbons (Fsp3) is 0.367. The second kappa shape index (κ2) is 9.43. The van der Waals surface area contributed by atoms with E-state index >= 15 is 0 Å². The van der Waals surface area contributed by atoms with E-state index in [0.717, 1.165) is 25.2 Å². The van der Waals surface area contributed by atoms with Crippen molar-refractivity contribution in [2.75, 3.05) is 31.2 Å². The molecule has 1 aliphatic carbocycles. The standard InChI is InChI=1S/C30H31FN6O2/c31-23-7-9-25(10-8-23)37-20-35(15-16-36-18-24(19-38)32-33-36)29(39)30(37)11-13-34(14-12-30)27-17-22-5-1-3-21-4-2-6-26(27)28(21)22/h1-10,18,27,38H,11-17,19-20H2. The molecule has 0 saturated carbocycles. The third-order valence-electron chi connectivity index (χ3n) is 8.86. The molecule has 1 aromatic heterocycles. The van der Waals surface area contributed by atoms with Gasteiger partial charge in [-0.1, -0.05) is 41.6 Å². The first-order chi connectivity index (χ1) is 19.1. The Balaban J connectivity index is 1.13. The Morgan fingerprint density at radius 3 is 2.51 bits per heavy atom. The van der Waals surface area contributed by atoms with Gasteiger partial charge in [0.1, 0.15) is 17.1 Å². The second-order valence-electron chi connectivity index (χ2n) is 10.9. The van der Waals surface area contributed by atoms with Crippen LogP contribution in [-0.4, -0.2) is 67.6 Å². The highest BCUT2D eigenvalue weighted by molar-refractivity contribution is 5.94. The van der Waals surface area contributed by atoms with Crippen LogP contribution in [-0.2, 0) is 24.4 Å². The van der Waals surface area contributed by atoms with Crippen molar-refractivity contribution in [3.05, 3.63) is 89.5 Å². The molecule has 1 amide bonds. The summed E-state index contributed by atoms with van der Waals surface area (Å²) in [6.45, 7) is 2.88. The smallest absolute Gasteiger partial charge is 0.250 e. The summed E-state index contributed by atoms with van der Waals surface area (Å²) in [4.78, 5) is 20.7. The molecule has 1 N–H and O–H groups in total. The van der Waals surface area contributed by atoms with Crippen LogP contribution < -0.4 is 4.90 Å². The average Bonchev–Trinajstić information content (AvgIpc) is 3.66. The summed E-state index contributed by atoms with van der Waals surface area (Å²) >= 11 is 0. The van der Waals surface area contributed by atoms with Crippen LogP contribution in [0.25, 0.3) is 10.8 Å². The van der Waals surface area contributed by atoms with Crippen LogP contribution in [0.3, 0.4) is 0 Å². The monoisotopic (exact) mass is 526 g/mol. The number of rotatable bonds is 6. The van der Waals surface area contributed by atoms with E-state index in [0.29, 0.717) is 44.3 Å². The number of aliphatic hydroxyl groups excluding tert-OH is 1. The molecule has 9 heteroatoms. The number of amides is 1. The normalized spacial score (nSPS) is 20.6. The Morgan fingerprint density at radius 1 is 1.00 bits per heavy atom. The molecule has 200 valence electrons. The minimum absolute atomic E-state index is 0.116. The molecule has 1 unspecified atom stereocenters. The Morgan fingerprint density at radius 2 is 1.77 bits per heavy atom. The van der Waals surface area contributed by atoms with Crippen LogP contribution in [0.2, 0.25) is 0 Å². The zero-order valence-corrected chi connectivity index (χ0v) is 21.7. The van der Waals surface area contributed by atoms with Gasteiger partial charge in [0.05, 0.1) is 26.0 Å². The van der Waals surface area contributed by atoms with Crippen LogP contribution in [0.5, 0.6) is 0 Å². The van der Waals surface area contributed by atoms with Gasteiger partial charge in [0.2, 0.25) is 5.91 Å². The Bertz CT molecular complexity index is 1520. The van der Waals surface area contributed by atoms with E-state index in [2.05, 4.69) is 56.5 Å². The maximum Gasteiger partial charge on any atom is 0.250 e. The molecule has 0 bridgehead atoms. The van der Waals surface area contributed by atoms with Gasteiger partial charge in [0.25, 0.3) is 0 Å². The summed E-state index contributed by atoms with van der Waals surface area (Å²) in [6.07, 6.45) is 4.12. The summed E-state index contributed by atoms with van der Waals surface area (Å²) in [5.41, 5.74) is 3.50. The summed E-state index contributed by atoms with van der Waals surface area (Å²) < 4.78 is 15.5. The number of hydrogen-bond acceptors (Lipinski definition) is 6. The number of halogens is 1. The van der Waals surface area contributed by atoms with Crippen molar-refractivity contribution in [1.29, 1.82) is 0 Å². The molecule has 4 aromatic rings. The summed E-state index contributed by atoms with van der Waals surface area (Å²) in [5.74, 6) is -0.170. The fourth-order valence-corrected chi connectivity index (χ4v) is 6.88. The molecule has 2 saturated heterocycles. The van der Waals surface area contributed by atoms with Crippen molar-refractivity contribution >= 4 is 22.4 Å². The summed E-state index contributed by atoms with van der Waals surface area (Å²) in [5, 5.41) is 20.0. The number of anilines is 1. The van der Waals surface area contributed by atoms with E-state index in [9.17, 15) is 14.3 Å². The fourth-order valence-electron chi connectivity index (χ4n) is 6.88. The van der Waals surface area contributed by atoms with E-state index in [-0.39, 0.29) is 18.3 Å². The van der Waals surface area contributed by atoms with Gasteiger partial charge in [-0.05, 0) is 65.4 Å². The maximum atomic E-state index is 14.1. The molecule has 1 spiro atoms. The topological polar surface area (TPSA) is 77.7 Å². The van der Waals surface area contributed by atoms with Gasteiger partial charge in [-0.3, -0.25) is 14.4 Å². The lowest BCUT2D eigenvalue weighted by Gasteiger charge is -2.45. The summed E-state index contributed by atoms with van der Waals surface area (Å²) in [7, 11) is 0. The lowest BCUT2D eigenvalue weighted by molar-refractivity contribution is -0.134. The van der Waals surface area contributed by atoms with Gasteiger partial charge in [-0.15, -0.1) is 5.10 Å². The molecule has 1 atom stereocenters. The third-order valence-corrected chi connectivity index (χ3v) is 8.86. The van der Waals surface area contributed by atoms with Crippen molar-refractivity contribution in [3.8, 4) is 0 Å². The lowest BCUT2D eigenvalue weighted by Crippen LogP contribution is -2.57. The molecular formula is C30H31FN6O2. The van der Waals surface area contributed by atoms with Crippen LogP contribution in [0, 0.1) is 5.82 Å². The number of nitrogens with zero attached hydrogens (tertiary/aromatic N) is 6. The average molecular weight is 527 g/mol. The number of aromatic nitrogens is 3. The van der Waals surface area contributed by atoms with E-state index in [1.807, 2.05) is 4.90 Å². The zero-order valence-electron chi connectivity index (χ0n) is 21.7.